The Morgan fingerprint density at radius 1 is 1.33 bits per heavy atom. The van der Waals surface area contributed by atoms with Crippen LogP contribution in [-0.4, -0.2) is 10.2 Å². The van der Waals surface area contributed by atoms with Crippen LogP contribution < -0.4 is 5.63 Å². The van der Waals surface area contributed by atoms with Gasteiger partial charge in [-0.2, -0.15) is 0 Å². The van der Waals surface area contributed by atoms with E-state index in [2.05, 4.69) is 0 Å². The molecule has 2 N–H and O–H groups in total. The molecule has 1 heterocycles. The van der Waals surface area contributed by atoms with Crippen LogP contribution in [0.4, 0.5) is 0 Å². The van der Waals surface area contributed by atoms with Crippen molar-refractivity contribution in [2.24, 2.45) is 0 Å². The highest BCUT2D eigenvalue weighted by Crippen LogP contribution is 2.20. The summed E-state index contributed by atoms with van der Waals surface area (Å²) in [5.41, 5.74) is -0.0549. The van der Waals surface area contributed by atoms with E-state index in [4.69, 9.17) is 4.42 Å². The predicted octanol–water partition coefficient (Wildman–Crippen LogP) is 1.55. The number of fused-ring (bicyclic) bond motifs is 1. The summed E-state index contributed by atoms with van der Waals surface area (Å²) < 4.78 is 4.96. The molecule has 1 aromatic carbocycles. The van der Waals surface area contributed by atoms with E-state index < -0.39 is 11.7 Å². The van der Waals surface area contributed by atoms with E-state index in [0.717, 1.165) is 0 Å². The number of hydrogen-bond acceptors (Lipinski definition) is 4. The maximum atomic E-state index is 11.4. The molecule has 2 aromatic rings. The van der Waals surface area contributed by atoms with Gasteiger partial charge in [0, 0.05) is 11.5 Å². The van der Waals surface area contributed by atoms with Crippen molar-refractivity contribution in [3.63, 3.8) is 0 Å². The molecule has 0 aliphatic rings. The number of phenols is 1. The van der Waals surface area contributed by atoms with Gasteiger partial charge in [-0.1, -0.05) is 0 Å². The van der Waals surface area contributed by atoms with Gasteiger partial charge < -0.3 is 14.6 Å². The standard InChI is InChI=1S/C11H10O4/c1-6(12)9-4-7-2-3-8(13)5-10(7)15-11(9)14/h2-6,12-13H,1H3/t6-/m0/s1. The fourth-order valence-electron chi connectivity index (χ4n) is 1.41. The van der Waals surface area contributed by atoms with Crippen molar-refractivity contribution < 1.29 is 14.6 Å². The molecular weight excluding hydrogens is 196 g/mol. The molecule has 0 saturated heterocycles. The first-order valence-corrected chi connectivity index (χ1v) is 4.53. The fourth-order valence-corrected chi connectivity index (χ4v) is 1.41. The van der Waals surface area contributed by atoms with Crippen LogP contribution in [0.2, 0.25) is 0 Å². The average Bonchev–Trinajstić information content (AvgIpc) is 2.15. The summed E-state index contributed by atoms with van der Waals surface area (Å²) in [4.78, 5) is 11.4. The van der Waals surface area contributed by atoms with Crippen molar-refractivity contribution in [3.8, 4) is 5.75 Å². The van der Waals surface area contributed by atoms with E-state index in [1.54, 1.807) is 12.1 Å². The van der Waals surface area contributed by atoms with Crippen LogP contribution in [0.1, 0.15) is 18.6 Å². The monoisotopic (exact) mass is 206 g/mol. The summed E-state index contributed by atoms with van der Waals surface area (Å²) in [7, 11) is 0. The molecule has 4 heteroatoms. The molecular formula is C11H10O4. The first kappa shape index (κ1) is 9.73. The minimum absolute atomic E-state index is 0.0375. The highest BCUT2D eigenvalue weighted by Gasteiger charge is 2.09. The van der Waals surface area contributed by atoms with Crippen LogP contribution in [0.15, 0.2) is 33.5 Å². The number of aromatic hydroxyl groups is 1. The molecule has 0 amide bonds. The Kier molecular flexibility index (Phi) is 2.21. The first-order chi connectivity index (χ1) is 7.08. The fraction of sp³-hybridized carbons (Fsp3) is 0.182. The minimum atomic E-state index is -0.862. The van der Waals surface area contributed by atoms with Gasteiger partial charge in [0.1, 0.15) is 11.3 Å². The van der Waals surface area contributed by atoms with Gasteiger partial charge in [-0.25, -0.2) is 4.79 Å². The summed E-state index contributed by atoms with van der Waals surface area (Å²) >= 11 is 0. The molecule has 1 atom stereocenters. The van der Waals surface area contributed by atoms with Crippen molar-refractivity contribution in [2.75, 3.05) is 0 Å². The summed E-state index contributed by atoms with van der Waals surface area (Å²) in [6, 6.07) is 6.04. The lowest BCUT2D eigenvalue weighted by Gasteiger charge is -2.04. The maximum absolute atomic E-state index is 11.4. The molecule has 0 bridgehead atoms. The molecule has 0 saturated carbocycles. The Bertz CT molecular complexity index is 554. The van der Waals surface area contributed by atoms with Gasteiger partial charge in [-0.15, -0.1) is 0 Å². The van der Waals surface area contributed by atoms with Crippen molar-refractivity contribution in [1.29, 1.82) is 0 Å². The highest BCUT2D eigenvalue weighted by molar-refractivity contribution is 5.78. The second kappa shape index (κ2) is 3.40. The lowest BCUT2D eigenvalue weighted by molar-refractivity contribution is 0.194. The molecule has 0 radical (unpaired) electrons. The number of aliphatic hydroxyl groups is 1. The van der Waals surface area contributed by atoms with E-state index in [-0.39, 0.29) is 11.3 Å². The quantitative estimate of drug-likeness (QED) is 0.694. The Hall–Kier alpha value is -1.81. The van der Waals surface area contributed by atoms with Gasteiger partial charge in [-0.05, 0) is 25.1 Å². The van der Waals surface area contributed by atoms with Crippen molar-refractivity contribution in [3.05, 3.63) is 40.2 Å². The molecule has 0 unspecified atom stereocenters. The summed E-state index contributed by atoms with van der Waals surface area (Å²) in [6.07, 6.45) is -0.862. The predicted molar refractivity (Wildman–Crippen MR) is 54.8 cm³/mol. The minimum Gasteiger partial charge on any atom is -0.508 e. The second-order valence-electron chi connectivity index (χ2n) is 3.39. The van der Waals surface area contributed by atoms with Gasteiger partial charge in [0.2, 0.25) is 0 Å². The van der Waals surface area contributed by atoms with Crippen LogP contribution >= 0.6 is 0 Å². The van der Waals surface area contributed by atoms with Gasteiger partial charge in [0.25, 0.3) is 0 Å². The molecule has 4 nitrogen and oxygen atoms in total. The highest BCUT2D eigenvalue weighted by atomic mass is 16.4. The summed E-state index contributed by atoms with van der Waals surface area (Å²) in [5.74, 6) is 0.0375. The second-order valence-corrected chi connectivity index (χ2v) is 3.39. The third-order valence-electron chi connectivity index (χ3n) is 2.20. The van der Waals surface area contributed by atoms with Crippen LogP contribution in [0.3, 0.4) is 0 Å². The Balaban J connectivity index is 2.76. The topological polar surface area (TPSA) is 70.7 Å². The van der Waals surface area contributed by atoms with Gasteiger partial charge in [0.15, 0.2) is 0 Å². The van der Waals surface area contributed by atoms with E-state index in [1.165, 1.54) is 19.1 Å². The largest absolute Gasteiger partial charge is 0.508 e. The van der Waals surface area contributed by atoms with E-state index in [0.29, 0.717) is 11.0 Å². The lowest BCUT2D eigenvalue weighted by Crippen LogP contribution is -2.09. The van der Waals surface area contributed by atoms with Crippen LogP contribution in [0.5, 0.6) is 5.75 Å². The Morgan fingerprint density at radius 2 is 2.07 bits per heavy atom. The molecule has 15 heavy (non-hydrogen) atoms. The van der Waals surface area contributed by atoms with Crippen molar-refractivity contribution in [1.82, 2.24) is 0 Å². The maximum Gasteiger partial charge on any atom is 0.342 e. The van der Waals surface area contributed by atoms with Crippen LogP contribution in [0, 0.1) is 0 Å². The van der Waals surface area contributed by atoms with Crippen LogP contribution in [-0.2, 0) is 0 Å². The molecule has 78 valence electrons. The Morgan fingerprint density at radius 3 is 2.73 bits per heavy atom. The molecule has 2 rings (SSSR count). The first-order valence-electron chi connectivity index (χ1n) is 4.53. The Labute approximate surface area is 85.4 Å². The molecule has 0 aliphatic carbocycles. The summed E-state index contributed by atoms with van der Waals surface area (Å²) in [5, 5.41) is 19.2. The zero-order valence-electron chi connectivity index (χ0n) is 8.10. The number of phenolic OH excluding ortho intramolecular Hbond substituents is 1. The van der Waals surface area contributed by atoms with E-state index in [9.17, 15) is 15.0 Å². The number of aliphatic hydroxyl groups excluding tert-OH is 1. The average molecular weight is 206 g/mol. The number of rotatable bonds is 1. The molecule has 0 aliphatic heterocycles. The van der Waals surface area contributed by atoms with Crippen LogP contribution in [0.25, 0.3) is 11.0 Å². The summed E-state index contributed by atoms with van der Waals surface area (Å²) in [6.45, 7) is 1.50. The third kappa shape index (κ3) is 1.71. The SMILES string of the molecule is C[C@H](O)c1cc2ccc(O)cc2oc1=O. The molecule has 0 fully saturated rings. The van der Waals surface area contributed by atoms with Crippen molar-refractivity contribution in [2.45, 2.75) is 13.0 Å². The normalized spacial score (nSPS) is 12.9. The zero-order valence-corrected chi connectivity index (χ0v) is 8.10. The molecule has 0 spiro atoms. The zero-order chi connectivity index (χ0) is 11.0. The van der Waals surface area contributed by atoms with E-state index >= 15 is 0 Å². The number of hydrogen-bond donors (Lipinski definition) is 2. The molecule has 1 aromatic heterocycles. The van der Waals surface area contributed by atoms with E-state index in [1.807, 2.05) is 0 Å². The van der Waals surface area contributed by atoms with Gasteiger partial charge >= 0.3 is 5.63 Å². The van der Waals surface area contributed by atoms with Gasteiger partial charge in [0.05, 0.1) is 11.7 Å². The van der Waals surface area contributed by atoms with Gasteiger partial charge in [-0.3, -0.25) is 0 Å². The van der Waals surface area contributed by atoms with Crippen molar-refractivity contribution >= 4 is 11.0 Å². The smallest absolute Gasteiger partial charge is 0.342 e. The lowest BCUT2D eigenvalue weighted by atomic mass is 10.1. The number of benzene rings is 1. The third-order valence-corrected chi connectivity index (χ3v) is 2.20.